The number of esters is 2. The van der Waals surface area contributed by atoms with Crippen LogP contribution in [0.5, 0.6) is 0 Å². The Morgan fingerprint density at radius 3 is 2.50 bits per heavy atom. The molecule has 3 N–H and O–H groups in total. The number of nitrogens with one attached hydrogen (secondary N) is 3. The molecule has 0 fully saturated rings. The molecule has 0 aliphatic carbocycles. The molecular weight excluding hydrogens is 414 g/mol. The number of amides is 2. The van der Waals surface area contributed by atoms with Crippen LogP contribution < -0.4 is 16.0 Å². The van der Waals surface area contributed by atoms with Gasteiger partial charge in [-0.2, -0.15) is 0 Å². The molecule has 0 spiro atoms. The molecule has 0 aliphatic rings. The quantitative estimate of drug-likeness (QED) is 0.480. The highest BCUT2D eigenvalue weighted by Gasteiger charge is 2.20. The number of nitrogens with zero attached hydrogens (tertiary/aromatic N) is 2. The van der Waals surface area contributed by atoms with Gasteiger partial charge in [-0.15, -0.1) is 0 Å². The summed E-state index contributed by atoms with van der Waals surface area (Å²) < 4.78 is 9.55. The smallest absolute Gasteiger partial charge is 0.341 e. The minimum Gasteiger partial charge on any atom is -0.468 e. The van der Waals surface area contributed by atoms with E-state index in [-0.39, 0.29) is 17.2 Å². The summed E-state index contributed by atoms with van der Waals surface area (Å²) in [6.07, 6.45) is 4.76. The van der Waals surface area contributed by atoms with Crippen LogP contribution in [0.4, 0.5) is 16.2 Å². The number of pyridine rings is 2. The van der Waals surface area contributed by atoms with Crippen LogP contribution in [0.2, 0.25) is 0 Å². The summed E-state index contributed by atoms with van der Waals surface area (Å²) in [5.41, 5.74) is 2.28. The molecule has 2 aromatic heterocycles. The molecule has 0 bridgehead atoms. The normalized spacial score (nSPS) is 11.5. The van der Waals surface area contributed by atoms with Crippen molar-refractivity contribution in [3.05, 3.63) is 60.0 Å². The maximum absolute atomic E-state index is 12.6. The summed E-state index contributed by atoms with van der Waals surface area (Å²) in [6, 6.07) is 7.58. The summed E-state index contributed by atoms with van der Waals surface area (Å²) >= 11 is 0. The number of hydrogen-bond acceptors (Lipinski definition) is 8. The number of methoxy groups -OCH3 is 2. The van der Waals surface area contributed by atoms with E-state index in [1.54, 1.807) is 25.4 Å². The number of hydrogen-bond donors (Lipinski definition) is 3. The lowest BCUT2D eigenvalue weighted by Crippen LogP contribution is -2.36. The van der Waals surface area contributed by atoms with Crippen LogP contribution in [-0.2, 0) is 20.7 Å². The van der Waals surface area contributed by atoms with Crippen molar-refractivity contribution < 1.29 is 23.9 Å². The lowest BCUT2D eigenvalue weighted by atomic mass is 10.00. The highest BCUT2D eigenvalue weighted by atomic mass is 16.5. The molecule has 2 heterocycles. The molecule has 166 valence electrons. The first-order chi connectivity index (χ1) is 15.5. The number of fused-ring (bicyclic) bond motifs is 1. The van der Waals surface area contributed by atoms with E-state index in [9.17, 15) is 14.4 Å². The highest BCUT2D eigenvalue weighted by molar-refractivity contribution is 6.08. The monoisotopic (exact) mass is 437 g/mol. The summed E-state index contributed by atoms with van der Waals surface area (Å²) in [6.45, 7) is 0. The molecule has 1 atom stereocenters. The summed E-state index contributed by atoms with van der Waals surface area (Å²) in [5, 5.41) is 9.11. The van der Waals surface area contributed by atoms with Crippen molar-refractivity contribution in [1.29, 1.82) is 0 Å². The van der Waals surface area contributed by atoms with Crippen LogP contribution in [0.1, 0.15) is 15.9 Å². The molecule has 32 heavy (non-hydrogen) atoms. The predicted octanol–water partition coefficient (Wildman–Crippen LogP) is 2.36. The van der Waals surface area contributed by atoms with Crippen LogP contribution in [-0.4, -0.2) is 55.2 Å². The van der Waals surface area contributed by atoms with Gasteiger partial charge in [-0.05, 0) is 37.2 Å². The topological polar surface area (TPSA) is 132 Å². The van der Waals surface area contributed by atoms with Crippen LogP contribution in [0.25, 0.3) is 10.9 Å². The number of aromatic nitrogens is 2. The Bertz CT molecular complexity index is 1150. The van der Waals surface area contributed by atoms with Crippen LogP contribution in [0.3, 0.4) is 0 Å². The van der Waals surface area contributed by atoms with Gasteiger partial charge in [0.15, 0.2) is 0 Å². The van der Waals surface area contributed by atoms with Gasteiger partial charge in [0.05, 0.1) is 31.1 Å². The van der Waals surface area contributed by atoms with Gasteiger partial charge in [0.1, 0.15) is 11.6 Å². The van der Waals surface area contributed by atoms with Crippen molar-refractivity contribution in [2.24, 2.45) is 0 Å². The fraction of sp³-hybridized carbons (Fsp3) is 0.227. The zero-order chi connectivity index (χ0) is 23.1. The highest BCUT2D eigenvalue weighted by Crippen LogP contribution is 2.26. The Labute approximate surface area is 184 Å². The molecule has 0 radical (unpaired) electrons. The van der Waals surface area contributed by atoms with Crippen molar-refractivity contribution in [3.8, 4) is 0 Å². The molecule has 0 aliphatic heterocycles. The summed E-state index contributed by atoms with van der Waals surface area (Å²) in [4.78, 5) is 44.8. The Morgan fingerprint density at radius 2 is 1.78 bits per heavy atom. The number of benzene rings is 1. The Hall–Kier alpha value is -4.05. The standard InChI is InChI=1S/C22H23N5O5/c1-23-18(21(29)32-3)11-13-6-7-17(19-14(13)5-4-9-25-19)27-22(30)26-16-8-10-24-12-15(16)20(28)31-2/h4-10,12,18,23H,11H2,1-3H3,(H2,24,26,27,30)/t18-/m0/s1. The number of carbonyl (C=O) groups excluding carboxylic acids is 3. The van der Waals surface area contributed by atoms with Gasteiger partial charge in [0, 0.05) is 24.0 Å². The van der Waals surface area contributed by atoms with Gasteiger partial charge in [-0.3, -0.25) is 14.8 Å². The Kier molecular flexibility index (Phi) is 7.29. The summed E-state index contributed by atoms with van der Waals surface area (Å²) in [7, 11) is 4.27. The van der Waals surface area contributed by atoms with Crippen LogP contribution in [0.15, 0.2) is 48.9 Å². The zero-order valence-electron chi connectivity index (χ0n) is 17.8. The molecule has 0 unspecified atom stereocenters. The number of rotatable bonds is 7. The molecule has 3 rings (SSSR count). The second kappa shape index (κ2) is 10.3. The molecule has 1 aromatic carbocycles. The van der Waals surface area contributed by atoms with Gasteiger partial charge in [0.2, 0.25) is 0 Å². The average molecular weight is 437 g/mol. The largest absolute Gasteiger partial charge is 0.468 e. The minimum atomic E-state index is -0.616. The van der Waals surface area contributed by atoms with E-state index in [0.717, 1.165) is 10.9 Å². The van der Waals surface area contributed by atoms with E-state index in [0.29, 0.717) is 17.6 Å². The average Bonchev–Trinajstić information content (AvgIpc) is 2.83. The van der Waals surface area contributed by atoms with Gasteiger partial charge < -0.3 is 25.4 Å². The van der Waals surface area contributed by atoms with Crippen molar-refractivity contribution in [2.45, 2.75) is 12.5 Å². The van der Waals surface area contributed by atoms with E-state index < -0.39 is 18.0 Å². The molecule has 3 aromatic rings. The van der Waals surface area contributed by atoms with Crippen molar-refractivity contribution >= 4 is 40.2 Å². The predicted molar refractivity (Wildman–Crippen MR) is 119 cm³/mol. The molecule has 10 heteroatoms. The number of anilines is 2. The number of ether oxygens (including phenoxy) is 2. The van der Waals surface area contributed by atoms with E-state index in [2.05, 4.69) is 25.9 Å². The first-order valence-electron chi connectivity index (χ1n) is 9.70. The van der Waals surface area contributed by atoms with Crippen LogP contribution in [0, 0.1) is 0 Å². The van der Waals surface area contributed by atoms with Crippen molar-refractivity contribution in [3.63, 3.8) is 0 Å². The lowest BCUT2D eigenvalue weighted by Gasteiger charge is -2.16. The number of urea groups is 1. The number of carbonyl (C=O) groups is 3. The van der Waals surface area contributed by atoms with E-state index in [1.165, 1.54) is 32.7 Å². The van der Waals surface area contributed by atoms with Gasteiger partial charge >= 0.3 is 18.0 Å². The number of likely N-dealkylation sites (N-methyl/N-ethyl adjacent to an activating group) is 1. The van der Waals surface area contributed by atoms with E-state index in [4.69, 9.17) is 9.47 Å². The molecule has 2 amide bonds. The van der Waals surface area contributed by atoms with Gasteiger partial charge in [0.25, 0.3) is 0 Å². The second-order valence-electron chi connectivity index (χ2n) is 6.73. The third-order valence-electron chi connectivity index (χ3n) is 4.84. The first kappa shape index (κ1) is 22.6. The molecular formula is C22H23N5O5. The van der Waals surface area contributed by atoms with Gasteiger partial charge in [-0.1, -0.05) is 12.1 Å². The Morgan fingerprint density at radius 1 is 1.00 bits per heavy atom. The zero-order valence-corrected chi connectivity index (χ0v) is 17.8. The van der Waals surface area contributed by atoms with E-state index in [1.807, 2.05) is 12.1 Å². The molecule has 0 saturated carbocycles. The van der Waals surface area contributed by atoms with Crippen LogP contribution >= 0.6 is 0 Å². The SMILES string of the molecule is CN[C@@H](Cc1ccc(NC(=O)Nc2ccncc2C(=O)OC)c2ncccc12)C(=O)OC. The van der Waals surface area contributed by atoms with E-state index >= 15 is 0 Å². The fourth-order valence-electron chi connectivity index (χ4n) is 3.23. The molecule has 10 nitrogen and oxygen atoms in total. The third kappa shape index (κ3) is 4.98. The Balaban J connectivity index is 1.86. The maximum atomic E-state index is 12.6. The maximum Gasteiger partial charge on any atom is 0.341 e. The minimum absolute atomic E-state index is 0.129. The third-order valence-corrected chi connectivity index (χ3v) is 4.84. The van der Waals surface area contributed by atoms with Crippen molar-refractivity contribution in [1.82, 2.24) is 15.3 Å². The molecule has 0 saturated heterocycles. The fourth-order valence-corrected chi connectivity index (χ4v) is 3.23. The first-order valence-corrected chi connectivity index (χ1v) is 9.70. The second-order valence-corrected chi connectivity index (χ2v) is 6.73. The lowest BCUT2D eigenvalue weighted by molar-refractivity contribution is -0.142. The van der Waals surface area contributed by atoms with Gasteiger partial charge in [-0.25, -0.2) is 9.59 Å². The van der Waals surface area contributed by atoms with Crippen molar-refractivity contribution in [2.75, 3.05) is 31.9 Å². The summed E-state index contributed by atoms with van der Waals surface area (Å²) in [5.74, 6) is -0.987.